The molecule has 2 aromatic rings. The van der Waals surface area contributed by atoms with Gasteiger partial charge in [0.25, 0.3) is 0 Å². The maximum absolute atomic E-state index is 12.3. The Hall–Kier alpha value is -1.80. The molecule has 0 saturated carbocycles. The van der Waals surface area contributed by atoms with Crippen LogP contribution >= 0.6 is 11.3 Å². The van der Waals surface area contributed by atoms with Gasteiger partial charge in [-0.25, -0.2) is 4.98 Å². The maximum Gasteiger partial charge on any atom is 0.387 e. The van der Waals surface area contributed by atoms with E-state index in [1.54, 1.807) is 12.1 Å². The number of fused-ring (bicyclic) bond motifs is 1. The number of halogens is 2. The van der Waals surface area contributed by atoms with Crippen molar-refractivity contribution in [2.75, 3.05) is 11.9 Å². The van der Waals surface area contributed by atoms with E-state index in [0.29, 0.717) is 15.3 Å². The number of para-hydroxylation sites is 1. The molecule has 1 atom stereocenters. The molecule has 2 heterocycles. The molecule has 21 heavy (non-hydrogen) atoms. The number of anilines is 1. The molecular weight excluding hydrogens is 300 g/mol. The number of carbonyl (C=O) groups excluding carboxylic acids is 1. The molecule has 1 fully saturated rings. The molecule has 0 radical (unpaired) electrons. The summed E-state index contributed by atoms with van der Waals surface area (Å²) >= 11 is 1.23. The number of alkyl halides is 2. The third kappa shape index (κ3) is 3.11. The van der Waals surface area contributed by atoms with Crippen LogP contribution in [-0.2, 0) is 4.79 Å². The lowest BCUT2D eigenvalue weighted by molar-refractivity contribution is -0.117. The highest BCUT2D eigenvalue weighted by Crippen LogP contribution is 2.33. The second kappa shape index (κ2) is 5.90. The van der Waals surface area contributed by atoms with Crippen LogP contribution in [0.2, 0.25) is 0 Å². The summed E-state index contributed by atoms with van der Waals surface area (Å²) in [6.07, 6.45) is 1.75. The summed E-state index contributed by atoms with van der Waals surface area (Å²) < 4.78 is 29.8. The highest BCUT2D eigenvalue weighted by atomic mass is 32.1. The Morgan fingerprint density at radius 1 is 1.52 bits per heavy atom. The molecule has 0 aliphatic carbocycles. The number of rotatable bonds is 4. The van der Waals surface area contributed by atoms with E-state index in [1.165, 1.54) is 17.4 Å². The van der Waals surface area contributed by atoms with E-state index >= 15 is 0 Å². The van der Waals surface area contributed by atoms with Crippen molar-refractivity contribution in [3.8, 4) is 5.75 Å². The van der Waals surface area contributed by atoms with E-state index in [2.05, 4.69) is 20.4 Å². The maximum atomic E-state index is 12.3. The summed E-state index contributed by atoms with van der Waals surface area (Å²) in [6, 6.07) is 4.57. The zero-order chi connectivity index (χ0) is 14.8. The molecule has 1 saturated heterocycles. The number of amides is 1. The van der Waals surface area contributed by atoms with E-state index < -0.39 is 6.61 Å². The molecule has 2 N–H and O–H groups in total. The summed E-state index contributed by atoms with van der Waals surface area (Å²) in [7, 11) is 0. The highest BCUT2D eigenvalue weighted by Gasteiger charge is 2.23. The molecule has 1 aromatic heterocycles. The van der Waals surface area contributed by atoms with Crippen molar-refractivity contribution in [1.82, 2.24) is 10.3 Å². The standard InChI is InChI=1S/C13H13F2N3O2S/c14-12(15)20-8-4-1-5-9-10(8)17-13(21-9)18-11(19)7-3-2-6-16-7/h1,4-5,7,12,16H,2-3,6H2,(H,17,18,19)/t7-/m0/s1. The third-order valence-electron chi connectivity index (χ3n) is 3.20. The van der Waals surface area contributed by atoms with Crippen molar-refractivity contribution in [3.63, 3.8) is 0 Å². The van der Waals surface area contributed by atoms with E-state index in [-0.39, 0.29) is 17.7 Å². The van der Waals surface area contributed by atoms with Gasteiger partial charge in [-0.3, -0.25) is 4.79 Å². The van der Waals surface area contributed by atoms with Crippen LogP contribution in [0.25, 0.3) is 10.2 Å². The van der Waals surface area contributed by atoms with E-state index in [9.17, 15) is 13.6 Å². The first-order valence-electron chi connectivity index (χ1n) is 6.52. The van der Waals surface area contributed by atoms with Crippen LogP contribution in [0.4, 0.5) is 13.9 Å². The minimum atomic E-state index is -2.90. The van der Waals surface area contributed by atoms with Gasteiger partial charge in [0, 0.05) is 0 Å². The van der Waals surface area contributed by atoms with Crippen LogP contribution in [-0.4, -0.2) is 30.1 Å². The smallest absolute Gasteiger partial charge is 0.387 e. The molecule has 1 aliphatic rings. The molecular formula is C13H13F2N3O2S. The van der Waals surface area contributed by atoms with Crippen LogP contribution in [0.3, 0.4) is 0 Å². The predicted octanol–water partition coefficient (Wildman–Crippen LogP) is 2.59. The number of nitrogens with one attached hydrogen (secondary N) is 2. The highest BCUT2D eigenvalue weighted by molar-refractivity contribution is 7.22. The number of carbonyl (C=O) groups is 1. The molecule has 5 nitrogen and oxygen atoms in total. The Morgan fingerprint density at radius 3 is 3.10 bits per heavy atom. The number of ether oxygens (including phenoxy) is 1. The van der Waals surface area contributed by atoms with Crippen LogP contribution in [0.1, 0.15) is 12.8 Å². The molecule has 0 unspecified atom stereocenters. The molecule has 1 amide bonds. The number of thiazole rings is 1. The topological polar surface area (TPSA) is 63.2 Å². The zero-order valence-corrected chi connectivity index (χ0v) is 11.8. The summed E-state index contributed by atoms with van der Waals surface area (Å²) in [5, 5.41) is 6.19. The van der Waals surface area contributed by atoms with Gasteiger partial charge < -0.3 is 15.4 Å². The predicted molar refractivity (Wildman–Crippen MR) is 75.9 cm³/mol. The normalized spacial score (nSPS) is 18.3. The van der Waals surface area contributed by atoms with Crippen LogP contribution in [0.15, 0.2) is 18.2 Å². The second-order valence-electron chi connectivity index (χ2n) is 4.64. The van der Waals surface area contributed by atoms with Gasteiger partial charge in [0.1, 0.15) is 5.52 Å². The Morgan fingerprint density at radius 2 is 2.38 bits per heavy atom. The van der Waals surface area contributed by atoms with Gasteiger partial charge >= 0.3 is 6.61 Å². The minimum absolute atomic E-state index is 0.0123. The fourth-order valence-corrected chi connectivity index (χ4v) is 3.16. The summed E-state index contributed by atoms with van der Waals surface area (Å²) in [4.78, 5) is 16.2. The molecule has 8 heteroatoms. The first-order valence-corrected chi connectivity index (χ1v) is 7.34. The Kier molecular flexibility index (Phi) is 3.98. The Bertz CT molecular complexity index is 656. The second-order valence-corrected chi connectivity index (χ2v) is 5.67. The summed E-state index contributed by atoms with van der Waals surface area (Å²) in [5.74, 6) is -0.138. The van der Waals surface area contributed by atoms with Crippen molar-refractivity contribution in [2.24, 2.45) is 0 Å². The van der Waals surface area contributed by atoms with E-state index in [0.717, 1.165) is 19.4 Å². The number of nitrogens with zero attached hydrogens (tertiary/aromatic N) is 1. The van der Waals surface area contributed by atoms with Gasteiger partial charge in [0.2, 0.25) is 5.91 Å². The van der Waals surface area contributed by atoms with Gasteiger partial charge in [-0.15, -0.1) is 0 Å². The number of aromatic nitrogens is 1. The fraction of sp³-hybridized carbons (Fsp3) is 0.385. The monoisotopic (exact) mass is 313 g/mol. The quantitative estimate of drug-likeness (QED) is 0.911. The van der Waals surface area contributed by atoms with E-state index in [4.69, 9.17) is 0 Å². The molecule has 112 valence electrons. The molecule has 0 bridgehead atoms. The number of benzene rings is 1. The van der Waals surface area contributed by atoms with Gasteiger partial charge in [-0.05, 0) is 31.5 Å². The summed E-state index contributed by atoms with van der Waals surface area (Å²) in [6.45, 7) is -2.08. The van der Waals surface area contributed by atoms with Crippen LogP contribution in [0, 0.1) is 0 Å². The SMILES string of the molecule is O=C(Nc1nc2c(OC(F)F)cccc2s1)[C@@H]1CCCN1. The lowest BCUT2D eigenvalue weighted by Gasteiger charge is -2.08. The number of hydrogen-bond acceptors (Lipinski definition) is 5. The minimum Gasteiger partial charge on any atom is -0.432 e. The fourth-order valence-electron chi connectivity index (χ4n) is 2.27. The molecule has 1 aromatic carbocycles. The zero-order valence-electron chi connectivity index (χ0n) is 10.9. The Labute approximate surface area is 123 Å². The third-order valence-corrected chi connectivity index (χ3v) is 4.14. The lowest BCUT2D eigenvalue weighted by Crippen LogP contribution is -2.35. The average Bonchev–Trinajstić information content (AvgIpc) is 3.06. The van der Waals surface area contributed by atoms with Gasteiger partial charge in [-0.1, -0.05) is 17.4 Å². The average molecular weight is 313 g/mol. The summed E-state index contributed by atoms with van der Waals surface area (Å²) in [5.41, 5.74) is 0.331. The van der Waals surface area contributed by atoms with Crippen molar-refractivity contribution in [1.29, 1.82) is 0 Å². The van der Waals surface area contributed by atoms with Crippen molar-refractivity contribution < 1.29 is 18.3 Å². The van der Waals surface area contributed by atoms with Crippen molar-refractivity contribution in [3.05, 3.63) is 18.2 Å². The van der Waals surface area contributed by atoms with Gasteiger partial charge in [0.05, 0.1) is 10.7 Å². The largest absolute Gasteiger partial charge is 0.432 e. The van der Waals surface area contributed by atoms with Gasteiger partial charge in [0.15, 0.2) is 10.9 Å². The molecule has 1 aliphatic heterocycles. The molecule has 3 rings (SSSR count). The Balaban J connectivity index is 1.81. The van der Waals surface area contributed by atoms with Gasteiger partial charge in [-0.2, -0.15) is 8.78 Å². The lowest BCUT2D eigenvalue weighted by atomic mass is 10.2. The molecule has 0 spiro atoms. The van der Waals surface area contributed by atoms with Crippen molar-refractivity contribution >= 4 is 32.6 Å². The van der Waals surface area contributed by atoms with Crippen LogP contribution < -0.4 is 15.4 Å². The first-order chi connectivity index (χ1) is 10.1. The number of hydrogen-bond donors (Lipinski definition) is 2. The first kappa shape index (κ1) is 14.2. The van der Waals surface area contributed by atoms with Crippen molar-refractivity contribution in [2.45, 2.75) is 25.5 Å². The van der Waals surface area contributed by atoms with E-state index in [1.807, 2.05) is 0 Å². The van der Waals surface area contributed by atoms with Crippen LogP contribution in [0.5, 0.6) is 5.75 Å².